The van der Waals surface area contributed by atoms with Crippen LogP contribution in [0.5, 0.6) is 0 Å². The highest BCUT2D eigenvalue weighted by Crippen LogP contribution is 2.04. The van der Waals surface area contributed by atoms with Crippen LogP contribution in [0.25, 0.3) is 0 Å². The number of unbranched alkanes of at least 4 members (excludes halogenated alkanes) is 2. The Balaban J connectivity index is 2.11. The van der Waals surface area contributed by atoms with Crippen molar-refractivity contribution in [3.63, 3.8) is 0 Å². The summed E-state index contributed by atoms with van der Waals surface area (Å²) in [5.41, 5.74) is 0.540. The number of carboxylic acid groups (broad SMARTS) is 1. The second-order valence-corrected chi connectivity index (χ2v) is 3.71. The van der Waals surface area contributed by atoms with Gasteiger partial charge in [-0.15, -0.1) is 0 Å². The highest BCUT2D eigenvalue weighted by molar-refractivity contribution is 5.89. The first-order valence-corrected chi connectivity index (χ1v) is 5.64. The minimum atomic E-state index is -0.786. The maximum atomic E-state index is 11.5. The van der Waals surface area contributed by atoms with Crippen molar-refractivity contribution in [2.24, 2.45) is 0 Å². The smallest absolute Gasteiger partial charge is 0.338 e. The molecule has 0 aromatic heterocycles. The highest BCUT2D eigenvalue weighted by atomic mass is 16.5. The van der Waals surface area contributed by atoms with Gasteiger partial charge in [-0.1, -0.05) is 18.2 Å². The molecule has 0 bridgehead atoms. The molecule has 0 aliphatic rings. The Bertz CT molecular complexity index is 359. The average molecular weight is 236 g/mol. The van der Waals surface area contributed by atoms with Crippen LogP contribution in [0.15, 0.2) is 30.3 Å². The monoisotopic (exact) mass is 236 g/mol. The second-order valence-electron chi connectivity index (χ2n) is 3.71. The molecular formula is C13H16O4. The van der Waals surface area contributed by atoms with Gasteiger partial charge >= 0.3 is 11.9 Å². The molecular weight excluding hydrogens is 220 g/mol. The van der Waals surface area contributed by atoms with Crippen molar-refractivity contribution in [1.29, 1.82) is 0 Å². The first kappa shape index (κ1) is 13.2. The zero-order valence-electron chi connectivity index (χ0n) is 9.59. The number of hydrogen-bond donors (Lipinski definition) is 1. The van der Waals surface area contributed by atoms with Gasteiger partial charge in [0, 0.05) is 6.42 Å². The summed E-state index contributed by atoms with van der Waals surface area (Å²) in [5.74, 6) is -1.12. The van der Waals surface area contributed by atoms with Gasteiger partial charge in [-0.05, 0) is 31.4 Å². The average Bonchev–Trinajstić information content (AvgIpc) is 2.34. The van der Waals surface area contributed by atoms with E-state index in [1.165, 1.54) is 0 Å². The Morgan fingerprint density at radius 3 is 2.41 bits per heavy atom. The molecule has 4 heteroatoms. The number of benzene rings is 1. The van der Waals surface area contributed by atoms with Crippen LogP contribution in [0.2, 0.25) is 0 Å². The zero-order chi connectivity index (χ0) is 12.5. The molecule has 0 fully saturated rings. The molecule has 4 nitrogen and oxygen atoms in total. The molecule has 1 N–H and O–H groups in total. The van der Waals surface area contributed by atoms with E-state index in [1.807, 2.05) is 6.07 Å². The third-order valence-electron chi connectivity index (χ3n) is 2.28. The van der Waals surface area contributed by atoms with E-state index in [4.69, 9.17) is 9.84 Å². The fourth-order valence-electron chi connectivity index (χ4n) is 1.38. The minimum Gasteiger partial charge on any atom is -0.481 e. The maximum Gasteiger partial charge on any atom is 0.338 e. The molecule has 0 aliphatic carbocycles. The first-order chi connectivity index (χ1) is 8.20. The molecule has 0 saturated heterocycles. The van der Waals surface area contributed by atoms with Crippen LogP contribution in [-0.2, 0) is 9.53 Å². The number of ether oxygens (including phenoxy) is 1. The zero-order valence-corrected chi connectivity index (χ0v) is 9.59. The molecule has 1 aromatic carbocycles. The molecule has 0 atom stereocenters. The first-order valence-electron chi connectivity index (χ1n) is 5.64. The van der Waals surface area contributed by atoms with E-state index < -0.39 is 5.97 Å². The molecule has 0 spiro atoms. The standard InChI is InChI=1S/C13H16O4/c14-12(15)9-5-2-6-10-17-13(16)11-7-3-1-4-8-11/h1,3-4,7-8H,2,5-6,9-10H2,(H,14,15). The second kappa shape index (κ2) is 7.44. The predicted molar refractivity (Wildman–Crippen MR) is 62.8 cm³/mol. The van der Waals surface area contributed by atoms with Crippen LogP contribution >= 0.6 is 0 Å². The minimum absolute atomic E-state index is 0.173. The van der Waals surface area contributed by atoms with E-state index in [9.17, 15) is 9.59 Å². The fourth-order valence-corrected chi connectivity index (χ4v) is 1.38. The van der Waals surface area contributed by atoms with E-state index in [-0.39, 0.29) is 12.4 Å². The van der Waals surface area contributed by atoms with Crippen molar-refractivity contribution in [1.82, 2.24) is 0 Å². The Labute approximate surface area is 100 Å². The van der Waals surface area contributed by atoms with Crippen molar-refractivity contribution in [2.75, 3.05) is 6.61 Å². The summed E-state index contributed by atoms with van der Waals surface area (Å²) < 4.78 is 5.05. The Morgan fingerprint density at radius 1 is 1.06 bits per heavy atom. The lowest BCUT2D eigenvalue weighted by atomic mass is 10.2. The third-order valence-corrected chi connectivity index (χ3v) is 2.28. The van der Waals surface area contributed by atoms with Gasteiger partial charge < -0.3 is 9.84 Å². The van der Waals surface area contributed by atoms with Crippen LogP contribution in [0.3, 0.4) is 0 Å². The summed E-state index contributed by atoms with van der Waals surface area (Å²) in [6.07, 6.45) is 2.26. The lowest BCUT2D eigenvalue weighted by Crippen LogP contribution is -2.06. The van der Waals surface area contributed by atoms with Gasteiger partial charge in [-0.2, -0.15) is 0 Å². The van der Waals surface area contributed by atoms with E-state index >= 15 is 0 Å². The molecule has 17 heavy (non-hydrogen) atoms. The number of esters is 1. The van der Waals surface area contributed by atoms with E-state index in [1.54, 1.807) is 24.3 Å². The molecule has 1 aromatic rings. The van der Waals surface area contributed by atoms with Gasteiger partial charge in [-0.25, -0.2) is 4.79 Å². The van der Waals surface area contributed by atoms with E-state index in [0.29, 0.717) is 25.0 Å². The lowest BCUT2D eigenvalue weighted by molar-refractivity contribution is -0.137. The Morgan fingerprint density at radius 2 is 1.76 bits per heavy atom. The molecule has 0 radical (unpaired) electrons. The summed E-state index contributed by atoms with van der Waals surface area (Å²) in [5, 5.41) is 8.42. The number of hydrogen-bond acceptors (Lipinski definition) is 3. The van der Waals surface area contributed by atoms with E-state index in [2.05, 4.69) is 0 Å². The van der Waals surface area contributed by atoms with Gasteiger partial charge in [0.2, 0.25) is 0 Å². The molecule has 92 valence electrons. The molecule has 0 saturated carbocycles. The van der Waals surface area contributed by atoms with E-state index in [0.717, 1.165) is 6.42 Å². The Kier molecular flexibility index (Phi) is 5.79. The quantitative estimate of drug-likeness (QED) is 0.583. The molecule has 0 aliphatic heterocycles. The van der Waals surface area contributed by atoms with Crippen molar-refractivity contribution in [3.8, 4) is 0 Å². The number of carbonyl (C=O) groups is 2. The van der Waals surface area contributed by atoms with Crippen molar-refractivity contribution >= 4 is 11.9 Å². The van der Waals surface area contributed by atoms with Crippen LogP contribution in [0.4, 0.5) is 0 Å². The fraction of sp³-hybridized carbons (Fsp3) is 0.385. The van der Waals surface area contributed by atoms with Crippen LogP contribution in [-0.4, -0.2) is 23.7 Å². The summed E-state index contributed by atoms with van der Waals surface area (Å²) >= 11 is 0. The molecule has 1 rings (SSSR count). The molecule has 0 heterocycles. The largest absolute Gasteiger partial charge is 0.481 e. The topological polar surface area (TPSA) is 63.6 Å². The third kappa shape index (κ3) is 5.70. The number of carboxylic acids is 1. The van der Waals surface area contributed by atoms with Gasteiger partial charge in [0.25, 0.3) is 0 Å². The van der Waals surface area contributed by atoms with Gasteiger partial charge in [0.05, 0.1) is 12.2 Å². The lowest BCUT2D eigenvalue weighted by Gasteiger charge is -2.04. The molecule has 0 amide bonds. The van der Waals surface area contributed by atoms with Crippen molar-refractivity contribution < 1.29 is 19.4 Å². The summed E-state index contributed by atoms with van der Waals surface area (Å²) in [7, 11) is 0. The SMILES string of the molecule is O=C(O)CCCCCOC(=O)c1ccccc1. The van der Waals surface area contributed by atoms with Crippen molar-refractivity contribution in [3.05, 3.63) is 35.9 Å². The Hall–Kier alpha value is -1.84. The highest BCUT2D eigenvalue weighted by Gasteiger charge is 2.05. The van der Waals surface area contributed by atoms with Crippen LogP contribution in [0.1, 0.15) is 36.0 Å². The van der Waals surface area contributed by atoms with Gasteiger partial charge in [-0.3, -0.25) is 4.79 Å². The normalized spacial score (nSPS) is 9.88. The van der Waals surface area contributed by atoms with Gasteiger partial charge in [0.15, 0.2) is 0 Å². The predicted octanol–water partition coefficient (Wildman–Crippen LogP) is 2.49. The molecule has 0 unspecified atom stereocenters. The number of aliphatic carboxylic acids is 1. The number of rotatable bonds is 7. The van der Waals surface area contributed by atoms with Crippen LogP contribution in [0, 0.1) is 0 Å². The summed E-state index contributed by atoms with van der Waals surface area (Å²) in [6.45, 7) is 0.341. The van der Waals surface area contributed by atoms with Crippen molar-refractivity contribution in [2.45, 2.75) is 25.7 Å². The van der Waals surface area contributed by atoms with Crippen LogP contribution < -0.4 is 0 Å². The maximum absolute atomic E-state index is 11.5. The number of carbonyl (C=O) groups excluding carboxylic acids is 1. The van der Waals surface area contributed by atoms with Gasteiger partial charge in [0.1, 0.15) is 0 Å². The summed E-state index contributed by atoms with van der Waals surface area (Å²) in [4.78, 5) is 21.7. The summed E-state index contributed by atoms with van der Waals surface area (Å²) in [6, 6.07) is 8.80.